The molecule has 1 aliphatic rings. The number of aromatic nitrogens is 2. The van der Waals surface area contributed by atoms with E-state index >= 15 is 0 Å². The molecule has 1 N–H and O–H groups in total. The van der Waals surface area contributed by atoms with E-state index in [2.05, 4.69) is 52.2 Å². The van der Waals surface area contributed by atoms with Crippen LogP contribution in [0.15, 0.2) is 30.6 Å². The maximum absolute atomic E-state index is 13.0. The molecule has 2 atom stereocenters. The lowest BCUT2D eigenvalue weighted by atomic mass is 9.90. The number of anilines is 3. The summed E-state index contributed by atoms with van der Waals surface area (Å²) in [5.74, 6) is -2.00. The highest BCUT2D eigenvalue weighted by atomic mass is 35.5. The Kier molecular flexibility index (Phi) is 17.8. The summed E-state index contributed by atoms with van der Waals surface area (Å²) < 4.78 is 26.7. The minimum absolute atomic E-state index is 0.0222. The van der Waals surface area contributed by atoms with Crippen LogP contribution >= 0.6 is 11.6 Å². The van der Waals surface area contributed by atoms with Crippen molar-refractivity contribution < 1.29 is 47.7 Å². The van der Waals surface area contributed by atoms with E-state index in [9.17, 15) is 24.0 Å². The fraction of sp³-hybridized carbons (Fsp3) is 0.634. The first-order valence-electron chi connectivity index (χ1n) is 19.3. The zero-order valence-electron chi connectivity index (χ0n) is 34.2. The molecule has 0 bridgehead atoms. The van der Waals surface area contributed by atoms with Crippen LogP contribution in [0.25, 0.3) is 0 Å². The molecule has 0 aliphatic heterocycles. The second-order valence-electron chi connectivity index (χ2n) is 16.0. The van der Waals surface area contributed by atoms with Gasteiger partial charge in [0.2, 0.25) is 0 Å². The molecule has 1 aliphatic carbocycles. The molecule has 1 fully saturated rings. The highest BCUT2D eigenvalue weighted by Crippen LogP contribution is 2.38. The number of carbonyl (C=O) groups is 5. The van der Waals surface area contributed by atoms with Crippen LogP contribution in [-0.4, -0.2) is 83.4 Å². The summed E-state index contributed by atoms with van der Waals surface area (Å²) in [6, 6.07) is 6.36. The van der Waals surface area contributed by atoms with Crippen LogP contribution in [0, 0.1) is 11.8 Å². The van der Waals surface area contributed by atoms with Crippen molar-refractivity contribution in [2.24, 2.45) is 11.8 Å². The van der Waals surface area contributed by atoms with Crippen LogP contribution in [0.1, 0.15) is 119 Å². The molecule has 0 radical (unpaired) electrons. The van der Waals surface area contributed by atoms with Gasteiger partial charge in [-0.25, -0.2) is 9.97 Å². The van der Waals surface area contributed by atoms with E-state index in [0.717, 1.165) is 36.3 Å². The van der Waals surface area contributed by atoms with Crippen LogP contribution in [-0.2, 0) is 47.7 Å². The molecule has 1 unspecified atom stereocenters. The fourth-order valence-electron chi connectivity index (χ4n) is 6.43. The molecular formula is C41H59ClN4O10. The number of hydrogen-bond donors (Lipinski definition) is 1. The van der Waals surface area contributed by atoms with Crippen molar-refractivity contribution in [3.63, 3.8) is 0 Å². The van der Waals surface area contributed by atoms with Crippen molar-refractivity contribution in [2.75, 3.05) is 30.0 Å². The van der Waals surface area contributed by atoms with E-state index in [0.29, 0.717) is 24.6 Å². The Morgan fingerprint density at radius 3 is 2.04 bits per heavy atom. The lowest BCUT2D eigenvalue weighted by Gasteiger charge is -2.40. The SMILES string of the molecule is CC(=O)OCC(COC(C)=O)OC(=O)CC(C)CC(=O)OC1CCC(N(CC(C)C)c2ccc([C@H](C)CC(=O)OC(C)(C)C)cc2Nc2cnc(Cl)cn2)CC1. The van der Waals surface area contributed by atoms with Crippen LogP contribution < -0.4 is 10.2 Å². The van der Waals surface area contributed by atoms with Crippen molar-refractivity contribution >= 4 is 58.6 Å². The molecule has 1 aromatic heterocycles. The summed E-state index contributed by atoms with van der Waals surface area (Å²) >= 11 is 6.03. The summed E-state index contributed by atoms with van der Waals surface area (Å²) in [5, 5.41) is 3.73. The number of nitrogens with one attached hydrogen (secondary N) is 1. The molecule has 56 heavy (non-hydrogen) atoms. The van der Waals surface area contributed by atoms with Gasteiger partial charge in [-0.1, -0.05) is 45.4 Å². The van der Waals surface area contributed by atoms with Gasteiger partial charge in [-0.15, -0.1) is 0 Å². The average Bonchev–Trinajstić information content (AvgIpc) is 3.08. The number of ether oxygens (including phenoxy) is 5. The van der Waals surface area contributed by atoms with E-state index in [1.165, 1.54) is 20.0 Å². The van der Waals surface area contributed by atoms with Crippen molar-refractivity contribution in [1.29, 1.82) is 0 Å². The maximum Gasteiger partial charge on any atom is 0.306 e. The minimum Gasteiger partial charge on any atom is -0.462 e. The first-order chi connectivity index (χ1) is 26.3. The average molecular weight is 803 g/mol. The standard InChI is InChI=1S/C41H59ClN4O10/c1-25(2)22-46(35-15-10-30(27(4)18-40(51)56-41(7,8)9)19-34(35)45-37-21-43-36(42)20-44-37)31-11-13-32(14-12-31)54-38(49)16-26(3)17-39(50)55-33(23-52-28(5)47)24-53-29(6)48/h10,15,19-21,25-27,31-33H,11-14,16-18,22-24H2,1-9H3,(H,44,45)/t26?,27-,31?,32?/m1/s1. The Balaban J connectivity index is 1.67. The van der Waals surface area contributed by atoms with Crippen LogP contribution in [0.3, 0.4) is 0 Å². The summed E-state index contributed by atoms with van der Waals surface area (Å²) in [5.41, 5.74) is 2.20. The van der Waals surface area contributed by atoms with E-state index in [1.807, 2.05) is 27.7 Å². The number of esters is 5. The second kappa shape index (κ2) is 21.7. The summed E-state index contributed by atoms with van der Waals surface area (Å²) in [6.45, 7) is 16.4. The minimum atomic E-state index is -0.955. The van der Waals surface area contributed by atoms with Crippen molar-refractivity contribution in [1.82, 2.24) is 9.97 Å². The summed E-state index contributed by atoms with van der Waals surface area (Å²) in [7, 11) is 0. The maximum atomic E-state index is 13.0. The number of carbonyl (C=O) groups excluding carboxylic acids is 5. The van der Waals surface area contributed by atoms with Gasteiger partial charge in [0, 0.05) is 39.3 Å². The lowest BCUT2D eigenvalue weighted by Crippen LogP contribution is -2.42. The first kappa shape index (κ1) is 45.9. The Hall–Kier alpha value is -4.46. The van der Waals surface area contributed by atoms with E-state index in [1.54, 1.807) is 13.1 Å². The molecule has 1 aromatic carbocycles. The lowest BCUT2D eigenvalue weighted by molar-refractivity contribution is -0.166. The molecule has 15 heteroatoms. The van der Waals surface area contributed by atoms with Crippen LogP contribution in [0.2, 0.25) is 5.15 Å². The molecular weight excluding hydrogens is 744 g/mol. The third kappa shape index (κ3) is 16.7. The van der Waals surface area contributed by atoms with Crippen molar-refractivity contribution in [2.45, 2.75) is 137 Å². The predicted molar refractivity (Wildman–Crippen MR) is 212 cm³/mol. The number of halogens is 1. The number of rotatable bonds is 19. The molecule has 2 aromatic rings. The zero-order valence-corrected chi connectivity index (χ0v) is 35.0. The summed E-state index contributed by atoms with van der Waals surface area (Å²) in [6.07, 6.45) is 4.95. The van der Waals surface area contributed by atoms with Crippen LogP contribution in [0.4, 0.5) is 17.2 Å². The van der Waals surface area contributed by atoms with Gasteiger partial charge < -0.3 is 33.9 Å². The number of benzene rings is 1. The van der Waals surface area contributed by atoms with Gasteiger partial charge in [-0.05, 0) is 81.9 Å². The van der Waals surface area contributed by atoms with Crippen molar-refractivity contribution in [3.8, 4) is 0 Å². The molecule has 310 valence electrons. The monoisotopic (exact) mass is 802 g/mol. The Morgan fingerprint density at radius 1 is 0.857 bits per heavy atom. The topological polar surface area (TPSA) is 173 Å². The van der Waals surface area contributed by atoms with Gasteiger partial charge in [0.25, 0.3) is 0 Å². The predicted octanol–water partition coefficient (Wildman–Crippen LogP) is 7.48. The fourth-order valence-corrected chi connectivity index (χ4v) is 6.53. The number of hydrogen-bond acceptors (Lipinski definition) is 14. The molecule has 0 spiro atoms. The van der Waals surface area contributed by atoms with E-state index in [-0.39, 0.29) is 67.6 Å². The quantitative estimate of drug-likeness (QED) is 0.109. The highest BCUT2D eigenvalue weighted by Gasteiger charge is 2.31. The molecule has 0 saturated heterocycles. The van der Waals surface area contributed by atoms with Gasteiger partial charge in [0.15, 0.2) is 6.10 Å². The largest absolute Gasteiger partial charge is 0.462 e. The van der Waals surface area contributed by atoms with Gasteiger partial charge in [-0.2, -0.15) is 0 Å². The Labute approximate surface area is 335 Å². The molecule has 0 amide bonds. The third-order valence-electron chi connectivity index (χ3n) is 8.89. The molecule has 1 heterocycles. The first-order valence-corrected chi connectivity index (χ1v) is 19.7. The zero-order chi connectivity index (χ0) is 41.6. The third-order valence-corrected chi connectivity index (χ3v) is 9.09. The van der Waals surface area contributed by atoms with Gasteiger partial charge >= 0.3 is 29.8 Å². The second-order valence-corrected chi connectivity index (χ2v) is 16.4. The molecule has 14 nitrogen and oxygen atoms in total. The van der Waals surface area contributed by atoms with E-state index < -0.39 is 35.6 Å². The Bertz CT molecular complexity index is 1600. The Morgan fingerprint density at radius 2 is 1.48 bits per heavy atom. The highest BCUT2D eigenvalue weighted by molar-refractivity contribution is 6.29. The van der Waals surface area contributed by atoms with Crippen molar-refractivity contribution in [3.05, 3.63) is 41.3 Å². The van der Waals surface area contributed by atoms with Gasteiger partial charge in [0.1, 0.15) is 35.9 Å². The number of nitrogens with zero attached hydrogens (tertiary/aromatic N) is 3. The molecule has 1 saturated carbocycles. The molecule has 3 rings (SSSR count). The normalized spacial score (nSPS) is 16.7. The van der Waals surface area contributed by atoms with E-state index in [4.69, 9.17) is 35.3 Å². The van der Waals surface area contributed by atoms with Gasteiger partial charge in [0.05, 0.1) is 30.2 Å². The smallest absolute Gasteiger partial charge is 0.306 e. The summed E-state index contributed by atoms with van der Waals surface area (Å²) in [4.78, 5) is 71.7. The van der Waals surface area contributed by atoms with Crippen LogP contribution in [0.5, 0.6) is 0 Å². The van der Waals surface area contributed by atoms with Gasteiger partial charge in [-0.3, -0.25) is 24.0 Å².